The minimum Gasteiger partial charge on any atom is -0.264 e. The van der Waals surface area contributed by atoms with Crippen LogP contribution in [0.25, 0.3) is 0 Å². The largest absolute Gasteiger partial charge is 0.264 e. The van der Waals surface area contributed by atoms with Crippen LogP contribution in [0.1, 0.15) is 22.6 Å². The number of nitrogens with one attached hydrogen (secondary N) is 1. The summed E-state index contributed by atoms with van der Waals surface area (Å²) in [4.78, 5) is 4.12. The normalized spacial score (nSPS) is 13.0. The highest BCUT2D eigenvalue weighted by Crippen LogP contribution is 2.21. The van der Waals surface area contributed by atoms with Gasteiger partial charge >= 0.3 is 0 Å². The fourth-order valence-electron chi connectivity index (χ4n) is 2.20. The number of aryl methyl sites for hydroxylation is 1. The van der Waals surface area contributed by atoms with Gasteiger partial charge in [-0.2, -0.15) is 0 Å². The number of pyridine rings is 1. The molecule has 1 aromatic carbocycles. The van der Waals surface area contributed by atoms with Gasteiger partial charge in [0.05, 0.1) is 6.26 Å². The Morgan fingerprint density at radius 3 is 2.48 bits per heavy atom. The molecular weight excluding hydrogens is 284 g/mol. The Bertz CT molecular complexity index is 667. The van der Waals surface area contributed by atoms with Crippen LogP contribution in [0.5, 0.6) is 0 Å². The van der Waals surface area contributed by atoms with Crippen molar-refractivity contribution in [3.63, 3.8) is 0 Å². The topological polar surface area (TPSA) is 59.1 Å². The average molecular weight is 304 g/mol. The van der Waals surface area contributed by atoms with Crippen molar-refractivity contribution in [2.75, 3.05) is 12.8 Å². The fraction of sp³-hybridized carbons (Fsp3) is 0.312. The van der Waals surface area contributed by atoms with Gasteiger partial charge < -0.3 is 0 Å². The fourth-order valence-corrected chi connectivity index (χ4v) is 2.71. The van der Waals surface area contributed by atoms with E-state index < -0.39 is 10.0 Å². The smallest absolute Gasteiger partial charge is 0.208 e. The third-order valence-corrected chi connectivity index (χ3v) is 4.04. The molecule has 2 aromatic rings. The van der Waals surface area contributed by atoms with Crippen LogP contribution in [0.15, 0.2) is 48.8 Å². The molecule has 1 atom stereocenters. The molecule has 0 saturated carbocycles. The number of nitrogens with zero attached hydrogens (tertiary/aromatic N) is 1. The molecule has 0 saturated heterocycles. The standard InChI is InChI=1S/C16H20N2O2S/c1-13-5-7-15(8-6-13)16(12-18-21(2,19)20)10-14-4-3-9-17-11-14/h3-9,11,16,18H,10,12H2,1-2H3. The molecule has 0 aliphatic rings. The molecule has 112 valence electrons. The molecule has 0 radical (unpaired) electrons. The molecule has 4 nitrogen and oxygen atoms in total. The summed E-state index contributed by atoms with van der Waals surface area (Å²) >= 11 is 0. The van der Waals surface area contributed by atoms with E-state index >= 15 is 0 Å². The summed E-state index contributed by atoms with van der Waals surface area (Å²) in [5.74, 6) is 0.0875. The van der Waals surface area contributed by atoms with Crippen molar-refractivity contribution in [1.82, 2.24) is 9.71 Å². The zero-order valence-corrected chi connectivity index (χ0v) is 13.1. The van der Waals surface area contributed by atoms with Gasteiger partial charge in [-0.05, 0) is 30.5 Å². The summed E-state index contributed by atoms with van der Waals surface area (Å²) in [7, 11) is -3.19. The van der Waals surface area contributed by atoms with Crippen molar-refractivity contribution < 1.29 is 8.42 Å². The van der Waals surface area contributed by atoms with Gasteiger partial charge in [-0.1, -0.05) is 35.9 Å². The third kappa shape index (κ3) is 5.28. The van der Waals surface area contributed by atoms with Crippen LogP contribution in [0, 0.1) is 6.92 Å². The first-order valence-electron chi connectivity index (χ1n) is 6.84. The molecule has 0 fully saturated rings. The van der Waals surface area contributed by atoms with E-state index in [1.807, 2.05) is 37.4 Å². The Hall–Kier alpha value is -1.72. The molecular formula is C16H20N2O2S. The minimum atomic E-state index is -3.19. The Morgan fingerprint density at radius 2 is 1.90 bits per heavy atom. The SMILES string of the molecule is Cc1ccc(C(CNS(C)(=O)=O)Cc2cccnc2)cc1. The zero-order chi connectivity index (χ0) is 15.3. The van der Waals surface area contributed by atoms with Crippen LogP contribution in [0.2, 0.25) is 0 Å². The molecule has 0 spiro atoms. The van der Waals surface area contributed by atoms with Crippen molar-refractivity contribution in [1.29, 1.82) is 0 Å². The van der Waals surface area contributed by atoms with Crippen molar-refractivity contribution >= 4 is 10.0 Å². The second-order valence-electron chi connectivity index (χ2n) is 5.29. The Kier molecular flexibility index (Phi) is 5.09. The number of sulfonamides is 1. The first-order valence-corrected chi connectivity index (χ1v) is 8.73. The molecule has 0 aliphatic carbocycles. The van der Waals surface area contributed by atoms with Gasteiger partial charge in [0.25, 0.3) is 0 Å². The van der Waals surface area contributed by atoms with Gasteiger partial charge in [-0.15, -0.1) is 0 Å². The first-order chi connectivity index (χ1) is 9.94. The molecule has 1 N–H and O–H groups in total. The van der Waals surface area contributed by atoms with Crippen molar-refractivity contribution in [2.45, 2.75) is 19.3 Å². The van der Waals surface area contributed by atoms with Gasteiger partial charge in [0.15, 0.2) is 0 Å². The summed E-state index contributed by atoms with van der Waals surface area (Å²) in [6.07, 6.45) is 5.49. The molecule has 1 heterocycles. The number of aromatic nitrogens is 1. The summed E-state index contributed by atoms with van der Waals surface area (Å²) in [5, 5.41) is 0. The number of rotatable bonds is 6. The minimum absolute atomic E-state index is 0.0875. The molecule has 5 heteroatoms. The monoisotopic (exact) mass is 304 g/mol. The Balaban J connectivity index is 2.19. The van der Waals surface area contributed by atoms with E-state index in [9.17, 15) is 8.42 Å². The lowest BCUT2D eigenvalue weighted by atomic mass is 9.92. The van der Waals surface area contributed by atoms with Gasteiger partial charge in [-0.25, -0.2) is 13.1 Å². The van der Waals surface area contributed by atoms with Gasteiger partial charge in [-0.3, -0.25) is 4.98 Å². The maximum absolute atomic E-state index is 11.4. The summed E-state index contributed by atoms with van der Waals surface area (Å²) < 4.78 is 25.3. The van der Waals surface area contributed by atoms with Crippen molar-refractivity contribution in [3.05, 3.63) is 65.5 Å². The van der Waals surface area contributed by atoms with Crippen LogP contribution in [0.3, 0.4) is 0 Å². The van der Waals surface area contributed by atoms with E-state index in [2.05, 4.69) is 21.8 Å². The van der Waals surface area contributed by atoms with E-state index in [1.165, 1.54) is 11.8 Å². The summed E-state index contributed by atoms with van der Waals surface area (Å²) in [6.45, 7) is 2.42. The second-order valence-corrected chi connectivity index (χ2v) is 7.13. The van der Waals surface area contributed by atoms with E-state index in [1.54, 1.807) is 6.20 Å². The Labute approximate surface area is 126 Å². The maximum atomic E-state index is 11.4. The lowest BCUT2D eigenvalue weighted by molar-refractivity contribution is 0.574. The lowest BCUT2D eigenvalue weighted by Crippen LogP contribution is -2.28. The maximum Gasteiger partial charge on any atom is 0.208 e. The quantitative estimate of drug-likeness (QED) is 0.890. The van der Waals surface area contributed by atoms with Gasteiger partial charge in [0.1, 0.15) is 0 Å². The van der Waals surface area contributed by atoms with Gasteiger partial charge in [0.2, 0.25) is 10.0 Å². The lowest BCUT2D eigenvalue weighted by Gasteiger charge is -2.18. The van der Waals surface area contributed by atoms with E-state index in [0.29, 0.717) is 6.54 Å². The highest BCUT2D eigenvalue weighted by atomic mass is 32.2. The summed E-state index contributed by atoms with van der Waals surface area (Å²) in [6, 6.07) is 12.1. The van der Waals surface area contributed by atoms with Crippen molar-refractivity contribution in [3.8, 4) is 0 Å². The highest BCUT2D eigenvalue weighted by molar-refractivity contribution is 7.88. The van der Waals surface area contributed by atoms with Crippen molar-refractivity contribution in [2.24, 2.45) is 0 Å². The molecule has 0 amide bonds. The van der Waals surface area contributed by atoms with E-state index in [4.69, 9.17) is 0 Å². The Morgan fingerprint density at radius 1 is 1.19 bits per heavy atom. The molecule has 1 unspecified atom stereocenters. The number of hydrogen-bond donors (Lipinski definition) is 1. The van der Waals surface area contributed by atoms with Gasteiger partial charge in [0, 0.05) is 24.9 Å². The first kappa shape index (κ1) is 15.7. The van der Waals surface area contributed by atoms with Crippen LogP contribution >= 0.6 is 0 Å². The second kappa shape index (κ2) is 6.83. The molecule has 2 rings (SSSR count). The molecule has 0 bridgehead atoms. The molecule has 21 heavy (non-hydrogen) atoms. The van der Waals surface area contributed by atoms with Crippen LogP contribution in [-0.2, 0) is 16.4 Å². The molecule has 0 aliphatic heterocycles. The third-order valence-electron chi connectivity index (χ3n) is 3.35. The predicted octanol–water partition coefficient (Wildman–Crippen LogP) is 2.27. The van der Waals surface area contributed by atoms with Crippen LogP contribution < -0.4 is 4.72 Å². The van der Waals surface area contributed by atoms with E-state index in [-0.39, 0.29) is 5.92 Å². The average Bonchev–Trinajstić information content (AvgIpc) is 2.45. The number of benzene rings is 1. The predicted molar refractivity (Wildman–Crippen MR) is 84.7 cm³/mol. The number of hydrogen-bond acceptors (Lipinski definition) is 3. The zero-order valence-electron chi connectivity index (χ0n) is 12.3. The molecule has 1 aromatic heterocycles. The van der Waals surface area contributed by atoms with E-state index in [0.717, 1.165) is 17.5 Å². The van der Waals surface area contributed by atoms with Crippen LogP contribution in [0.4, 0.5) is 0 Å². The van der Waals surface area contributed by atoms with Crippen LogP contribution in [-0.4, -0.2) is 26.2 Å². The summed E-state index contributed by atoms with van der Waals surface area (Å²) in [5.41, 5.74) is 3.41. The highest BCUT2D eigenvalue weighted by Gasteiger charge is 2.14.